The Morgan fingerprint density at radius 1 is 1.27 bits per heavy atom. The molecule has 0 saturated heterocycles. The summed E-state index contributed by atoms with van der Waals surface area (Å²) in [7, 11) is 0. The predicted octanol–water partition coefficient (Wildman–Crippen LogP) is 3.98. The van der Waals surface area contributed by atoms with Gasteiger partial charge >= 0.3 is 0 Å². The Bertz CT molecular complexity index is 186. The van der Waals surface area contributed by atoms with E-state index in [2.05, 4.69) is 39.9 Å². The Labute approximate surface area is 96.0 Å². The fourth-order valence-corrected chi connectivity index (χ4v) is 3.17. The van der Waals surface area contributed by atoms with Crippen LogP contribution in [-0.4, -0.2) is 12.1 Å². The van der Waals surface area contributed by atoms with Crippen LogP contribution >= 0.6 is 0 Å². The van der Waals surface area contributed by atoms with Crippen LogP contribution in [0.3, 0.4) is 0 Å². The summed E-state index contributed by atoms with van der Waals surface area (Å²) in [5.41, 5.74) is 0.557. The van der Waals surface area contributed by atoms with E-state index < -0.39 is 0 Å². The van der Waals surface area contributed by atoms with Gasteiger partial charge in [0.15, 0.2) is 0 Å². The first-order valence-electron chi connectivity index (χ1n) is 6.74. The standard InChI is InChI=1S/C14H29N/c1-6-8-12(7-2)15-13-10-14(4,5)9-11(13)3/h11-13,15H,6-10H2,1-5H3. The highest BCUT2D eigenvalue weighted by Crippen LogP contribution is 2.41. The molecule has 0 spiro atoms. The summed E-state index contributed by atoms with van der Waals surface area (Å²) in [6, 6.07) is 1.51. The van der Waals surface area contributed by atoms with Gasteiger partial charge in [-0.2, -0.15) is 0 Å². The van der Waals surface area contributed by atoms with Crippen molar-refractivity contribution in [1.82, 2.24) is 5.32 Å². The maximum absolute atomic E-state index is 3.87. The van der Waals surface area contributed by atoms with Crippen LogP contribution < -0.4 is 5.32 Å². The molecule has 0 amide bonds. The molecule has 1 aliphatic rings. The third-order valence-corrected chi connectivity index (χ3v) is 3.91. The van der Waals surface area contributed by atoms with Gasteiger partial charge in [0, 0.05) is 12.1 Å². The molecule has 1 N–H and O–H groups in total. The lowest BCUT2D eigenvalue weighted by molar-refractivity contribution is 0.338. The summed E-state index contributed by atoms with van der Waals surface area (Å²) in [6.07, 6.45) is 6.65. The predicted molar refractivity (Wildman–Crippen MR) is 68.1 cm³/mol. The van der Waals surface area contributed by atoms with E-state index in [1.54, 1.807) is 0 Å². The van der Waals surface area contributed by atoms with Crippen molar-refractivity contribution >= 4 is 0 Å². The van der Waals surface area contributed by atoms with E-state index in [-0.39, 0.29) is 0 Å². The highest BCUT2D eigenvalue weighted by Gasteiger charge is 2.36. The van der Waals surface area contributed by atoms with Crippen molar-refractivity contribution in [3.63, 3.8) is 0 Å². The molecule has 0 bridgehead atoms. The maximum atomic E-state index is 3.87. The highest BCUT2D eigenvalue weighted by molar-refractivity contribution is 4.92. The summed E-state index contributed by atoms with van der Waals surface area (Å²) in [5, 5.41) is 3.87. The Kier molecular flexibility index (Phi) is 4.64. The van der Waals surface area contributed by atoms with Gasteiger partial charge in [0.05, 0.1) is 0 Å². The number of nitrogens with one attached hydrogen (secondary N) is 1. The van der Waals surface area contributed by atoms with Gasteiger partial charge in [0.25, 0.3) is 0 Å². The molecular weight excluding hydrogens is 182 g/mol. The van der Waals surface area contributed by atoms with E-state index >= 15 is 0 Å². The van der Waals surface area contributed by atoms with Crippen molar-refractivity contribution in [2.75, 3.05) is 0 Å². The van der Waals surface area contributed by atoms with Crippen LogP contribution in [0, 0.1) is 11.3 Å². The van der Waals surface area contributed by atoms with Gasteiger partial charge < -0.3 is 5.32 Å². The molecule has 0 aromatic carbocycles. The van der Waals surface area contributed by atoms with E-state index in [9.17, 15) is 0 Å². The van der Waals surface area contributed by atoms with Gasteiger partial charge in [-0.1, -0.05) is 41.0 Å². The second-order valence-corrected chi connectivity index (χ2v) is 6.22. The van der Waals surface area contributed by atoms with Crippen molar-refractivity contribution in [3.05, 3.63) is 0 Å². The topological polar surface area (TPSA) is 12.0 Å². The lowest BCUT2D eigenvalue weighted by atomic mass is 9.91. The van der Waals surface area contributed by atoms with Gasteiger partial charge in [0.2, 0.25) is 0 Å². The molecule has 1 rings (SSSR count). The van der Waals surface area contributed by atoms with E-state index in [1.807, 2.05) is 0 Å². The van der Waals surface area contributed by atoms with Crippen LogP contribution in [0.2, 0.25) is 0 Å². The van der Waals surface area contributed by atoms with Gasteiger partial charge in [-0.05, 0) is 37.0 Å². The molecule has 1 aliphatic carbocycles. The first-order valence-corrected chi connectivity index (χ1v) is 6.74. The van der Waals surface area contributed by atoms with Crippen LogP contribution in [0.15, 0.2) is 0 Å². The molecule has 0 aromatic heterocycles. The summed E-state index contributed by atoms with van der Waals surface area (Å²) in [6.45, 7) is 11.8. The van der Waals surface area contributed by atoms with Crippen molar-refractivity contribution in [3.8, 4) is 0 Å². The average molecular weight is 211 g/mol. The third-order valence-electron chi connectivity index (χ3n) is 3.91. The van der Waals surface area contributed by atoms with Crippen molar-refractivity contribution < 1.29 is 0 Å². The molecule has 90 valence electrons. The number of hydrogen-bond donors (Lipinski definition) is 1. The first kappa shape index (κ1) is 13.0. The SMILES string of the molecule is CCCC(CC)NC1CC(C)(C)CC1C. The molecule has 1 saturated carbocycles. The molecule has 1 nitrogen and oxygen atoms in total. The van der Waals surface area contributed by atoms with Crippen molar-refractivity contribution in [1.29, 1.82) is 0 Å². The molecule has 0 heterocycles. The fraction of sp³-hybridized carbons (Fsp3) is 1.00. The minimum atomic E-state index is 0.557. The maximum Gasteiger partial charge on any atom is 0.0101 e. The van der Waals surface area contributed by atoms with E-state index in [0.29, 0.717) is 5.41 Å². The zero-order valence-electron chi connectivity index (χ0n) is 11.3. The van der Waals surface area contributed by atoms with E-state index in [1.165, 1.54) is 32.1 Å². The molecule has 1 fully saturated rings. The van der Waals surface area contributed by atoms with Crippen molar-refractivity contribution in [2.45, 2.75) is 78.8 Å². The second-order valence-electron chi connectivity index (χ2n) is 6.22. The van der Waals surface area contributed by atoms with Crippen molar-refractivity contribution in [2.24, 2.45) is 11.3 Å². The summed E-state index contributed by atoms with van der Waals surface area (Å²) in [5.74, 6) is 0.853. The van der Waals surface area contributed by atoms with E-state index in [0.717, 1.165) is 18.0 Å². The molecule has 15 heavy (non-hydrogen) atoms. The molecule has 1 heteroatoms. The normalized spacial score (nSPS) is 31.8. The monoisotopic (exact) mass is 211 g/mol. The molecular formula is C14H29N. The molecule has 0 aromatic rings. The van der Waals surface area contributed by atoms with Gasteiger partial charge in [-0.15, -0.1) is 0 Å². The van der Waals surface area contributed by atoms with Crippen LogP contribution in [0.1, 0.15) is 66.7 Å². The number of rotatable bonds is 5. The van der Waals surface area contributed by atoms with Crippen LogP contribution in [0.25, 0.3) is 0 Å². The fourth-order valence-electron chi connectivity index (χ4n) is 3.17. The second kappa shape index (κ2) is 5.34. The Morgan fingerprint density at radius 3 is 2.33 bits per heavy atom. The minimum absolute atomic E-state index is 0.557. The molecule has 0 radical (unpaired) electrons. The van der Waals surface area contributed by atoms with Crippen LogP contribution in [0.5, 0.6) is 0 Å². The first-order chi connectivity index (χ1) is 6.98. The zero-order chi connectivity index (χ0) is 11.5. The van der Waals surface area contributed by atoms with E-state index in [4.69, 9.17) is 0 Å². The smallest absolute Gasteiger partial charge is 0.0101 e. The van der Waals surface area contributed by atoms with Gasteiger partial charge in [-0.3, -0.25) is 0 Å². The van der Waals surface area contributed by atoms with Crippen LogP contribution in [-0.2, 0) is 0 Å². The Hall–Kier alpha value is -0.0400. The number of hydrogen-bond acceptors (Lipinski definition) is 1. The largest absolute Gasteiger partial charge is 0.311 e. The Balaban J connectivity index is 2.44. The third kappa shape index (κ3) is 3.79. The average Bonchev–Trinajstić information content (AvgIpc) is 2.39. The zero-order valence-corrected chi connectivity index (χ0v) is 11.3. The Morgan fingerprint density at radius 2 is 1.93 bits per heavy atom. The lowest BCUT2D eigenvalue weighted by Gasteiger charge is -2.25. The van der Waals surface area contributed by atoms with Crippen LogP contribution in [0.4, 0.5) is 0 Å². The summed E-state index contributed by atoms with van der Waals surface area (Å²) < 4.78 is 0. The molecule has 0 aliphatic heterocycles. The van der Waals surface area contributed by atoms with Gasteiger partial charge in [0.1, 0.15) is 0 Å². The van der Waals surface area contributed by atoms with Gasteiger partial charge in [-0.25, -0.2) is 0 Å². The summed E-state index contributed by atoms with van der Waals surface area (Å²) >= 11 is 0. The summed E-state index contributed by atoms with van der Waals surface area (Å²) in [4.78, 5) is 0. The molecule has 3 atom stereocenters. The highest BCUT2D eigenvalue weighted by atomic mass is 15.0. The minimum Gasteiger partial charge on any atom is -0.311 e. The quantitative estimate of drug-likeness (QED) is 0.725. The lowest BCUT2D eigenvalue weighted by Crippen LogP contribution is -2.39. The molecule has 3 unspecified atom stereocenters.